The van der Waals surface area contributed by atoms with Gasteiger partial charge in [-0.25, -0.2) is 4.68 Å². The summed E-state index contributed by atoms with van der Waals surface area (Å²) in [6.07, 6.45) is 2.83. The standard InChI is InChI=1S/C22H25N5O2S/c28-21-14-18-15-30-12-4-20(18)24-27(21)11-8-25-6-9-26(10-7-25)22(29)17-1-2-19-16(13-17)3-5-23-19/h1-3,5,13-14,23H,4,6-12,15H2. The largest absolute Gasteiger partial charge is 0.361 e. The third-order valence-electron chi connectivity index (χ3n) is 5.99. The normalized spacial score (nSPS) is 17.3. The second kappa shape index (κ2) is 8.28. The summed E-state index contributed by atoms with van der Waals surface area (Å²) in [6.45, 7) is 4.40. The fourth-order valence-electron chi connectivity index (χ4n) is 4.19. The molecule has 0 bridgehead atoms. The van der Waals surface area contributed by atoms with Crippen LogP contribution in [0.15, 0.2) is 41.3 Å². The summed E-state index contributed by atoms with van der Waals surface area (Å²) in [6, 6.07) is 9.54. The Bertz CT molecular complexity index is 1130. The van der Waals surface area contributed by atoms with Gasteiger partial charge in [0.2, 0.25) is 0 Å². The Morgan fingerprint density at radius 2 is 1.97 bits per heavy atom. The molecule has 7 nitrogen and oxygen atoms in total. The van der Waals surface area contributed by atoms with Crippen LogP contribution < -0.4 is 5.56 Å². The van der Waals surface area contributed by atoms with E-state index in [-0.39, 0.29) is 11.5 Å². The number of rotatable bonds is 4. The molecule has 5 rings (SSSR count). The third kappa shape index (κ3) is 3.89. The van der Waals surface area contributed by atoms with Gasteiger partial charge in [0.25, 0.3) is 11.5 Å². The van der Waals surface area contributed by atoms with E-state index >= 15 is 0 Å². The maximum absolute atomic E-state index is 12.9. The van der Waals surface area contributed by atoms with E-state index in [4.69, 9.17) is 0 Å². The number of hydrogen-bond donors (Lipinski definition) is 1. The van der Waals surface area contributed by atoms with Gasteiger partial charge in [-0.2, -0.15) is 16.9 Å². The number of carbonyl (C=O) groups is 1. The molecule has 4 heterocycles. The van der Waals surface area contributed by atoms with Gasteiger partial charge in [-0.05, 0) is 35.6 Å². The van der Waals surface area contributed by atoms with Crippen LogP contribution in [0.5, 0.6) is 0 Å². The lowest BCUT2D eigenvalue weighted by molar-refractivity contribution is 0.0631. The van der Waals surface area contributed by atoms with Crippen LogP contribution in [0.3, 0.4) is 0 Å². The number of nitrogens with one attached hydrogen (secondary N) is 1. The first kappa shape index (κ1) is 19.4. The number of carbonyl (C=O) groups excluding carboxylic acids is 1. The van der Waals surface area contributed by atoms with E-state index in [0.29, 0.717) is 19.6 Å². The summed E-state index contributed by atoms with van der Waals surface area (Å²) in [4.78, 5) is 32.6. The van der Waals surface area contributed by atoms with Gasteiger partial charge in [0.05, 0.1) is 12.2 Å². The zero-order valence-electron chi connectivity index (χ0n) is 16.8. The summed E-state index contributed by atoms with van der Waals surface area (Å²) in [5, 5.41) is 5.65. The van der Waals surface area contributed by atoms with E-state index in [0.717, 1.165) is 65.3 Å². The van der Waals surface area contributed by atoms with Crippen molar-refractivity contribution in [3.05, 3.63) is 63.7 Å². The summed E-state index contributed by atoms with van der Waals surface area (Å²) in [7, 11) is 0. The van der Waals surface area contributed by atoms with Crippen molar-refractivity contribution in [2.24, 2.45) is 0 Å². The molecule has 1 N–H and O–H groups in total. The number of aromatic nitrogens is 3. The van der Waals surface area contributed by atoms with Crippen molar-refractivity contribution in [1.82, 2.24) is 24.6 Å². The molecular weight excluding hydrogens is 398 g/mol. The molecule has 3 aromatic rings. The molecule has 156 valence electrons. The number of aromatic amines is 1. The first-order valence-electron chi connectivity index (χ1n) is 10.4. The SMILES string of the molecule is O=C(c1ccc2[nH]ccc2c1)N1CCN(CCn2nc3c(cc2=O)CSCC3)CC1. The fourth-order valence-corrected chi connectivity index (χ4v) is 5.14. The molecular formula is C22H25N5O2S. The van der Waals surface area contributed by atoms with Crippen LogP contribution in [-0.2, 0) is 18.7 Å². The number of hydrogen-bond acceptors (Lipinski definition) is 5. The van der Waals surface area contributed by atoms with Gasteiger partial charge in [-0.15, -0.1) is 0 Å². The molecule has 0 unspecified atom stereocenters. The highest BCUT2D eigenvalue weighted by molar-refractivity contribution is 7.98. The number of piperazine rings is 1. The molecule has 2 aliphatic rings. The van der Waals surface area contributed by atoms with Gasteiger partial charge in [0.15, 0.2) is 0 Å². The first-order valence-corrected chi connectivity index (χ1v) is 11.6. The second-order valence-electron chi connectivity index (χ2n) is 7.89. The minimum atomic E-state index is -0.00906. The predicted molar refractivity (Wildman–Crippen MR) is 119 cm³/mol. The van der Waals surface area contributed by atoms with Crippen LogP contribution >= 0.6 is 11.8 Å². The summed E-state index contributed by atoms with van der Waals surface area (Å²) >= 11 is 1.86. The molecule has 1 fully saturated rings. The highest BCUT2D eigenvalue weighted by Gasteiger charge is 2.22. The van der Waals surface area contributed by atoms with Crippen molar-refractivity contribution < 1.29 is 4.79 Å². The molecule has 0 atom stereocenters. The van der Waals surface area contributed by atoms with Crippen LogP contribution in [-0.4, -0.2) is 68.9 Å². The Labute approximate surface area is 179 Å². The van der Waals surface area contributed by atoms with E-state index in [1.54, 1.807) is 10.7 Å². The average Bonchev–Trinajstić information content (AvgIpc) is 3.25. The van der Waals surface area contributed by atoms with E-state index in [1.807, 2.05) is 47.1 Å². The van der Waals surface area contributed by atoms with Crippen molar-refractivity contribution in [3.8, 4) is 0 Å². The number of nitrogens with zero attached hydrogens (tertiary/aromatic N) is 4. The first-order chi connectivity index (χ1) is 14.7. The number of amides is 1. The molecule has 8 heteroatoms. The Hall–Kier alpha value is -2.58. The lowest BCUT2D eigenvalue weighted by Crippen LogP contribution is -2.49. The smallest absolute Gasteiger partial charge is 0.267 e. The van der Waals surface area contributed by atoms with Gasteiger partial charge >= 0.3 is 0 Å². The number of H-pyrrole nitrogens is 1. The highest BCUT2D eigenvalue weighted by atomic mass is 32.2. The molecule has 1 aromatic carbocycles. The molecule has 0 spiro atoms. The lowest BCUT2D eigenvalue weighted by Gasteiger charge is -2.34. The Morgan fingerprint density at radius 1 is 1.10 bits per heavy atom. The highest BCUT2D eigenvalue weighted by Crippen LogP contribution is 2.21. The van der Waals surface area contributed by atoms with Crippen molar-refractivity contribution in [2.45, 2.75) is 18.7 Å². The molecule has 1 saturated heterocycles. The molecule has 0 aliphatic carbocycles. The summed E-state index contributed by atoms with van der Waals surface area (Å²) in [5.74, 6) is 2.06. The van der Waals surface area contributed by atoms with Crippen LogP contribution in [0.1, 0.15) is 21.6 Å². The monoisotopic (exact) mass is 423 g/mol. The minimum Gasteiger partial charge on any atom is -0.361 e. The van der Waals surface area contributed by atoms with E-state index < -0.39 is 0 Å². The van der Waals surface area contributed by atoms with Crippen molar-refractivity contribution in [3.63, 3.8) is 0 Å². The van der Waals surface area contributed by atoms with Gasteiger partial charge in [0, 0.05) is 73.6 Å². The van der Waals surface area contributed by atoms with Crippen LogP contribution in [0, 0.1) is 0 Å². The van der Waals surface area contributed by atoms with Crippen LogP contribution in [0.2, 0.25) is 0 Å². The third-order valence-corrected chi connectivity index (χ3v) is 7.00. The predicted octanol–water partition coefficient (Wildman–Crippen LogP) is 1.97. The minimum absolute atomic E-state index is 0.00906. The van der Waals surface area contributed by atoms with Gasteiger partial charge < -0.3 is 9.88 Å². The molecule has 0 saturated carbocycles. The van der Waals surface area contributed by atoms with E-state index in [2.05, 4.69) is 15.0 Å². The molecule has 0 radical (unpaired) electrons. The van der Waals surface area contributed by atoms with E-state index in [9.17, 15) is 9.59 Å². The summed E-state index contributed by atoms with van der Waals surface area (Å²) in [5.41, 5.74) is 3.94. The second-order valence-corrected chi connectivity index (χ2v) is 9.00. The van der Waals surface area contributed by atoms with Gasteiger partial charge in [-0.1, -0.05) is 0 Å². The fraction of sp³-hybridized carbons (Fsp3) is 0.409. The molecule has 30 heavy (non-hydrogen) atoms. The topological polar surface area (TPSA) is 74.2 Å². The molecule has 2 aromatic heterocycles. The van der Waals surface area contributed by atoms with Crippen LogP contribution in [0.4, 0.5) is 0 Å². The van der Waals surface area contributed by atoms with Crippen LogP contribution in [0.25, 0.3) is 10.9 Å². The summed E-state index contributed by atoms with van der Waals surface area (Å²) < 4.78 is 1.61. The Morgan fingerprint density at radius 3 is 2.83 bits per heavy atom. The maximum Gasteiger partial charge on any atom is 0.267 e. The molecule has 2 aliphatic heterocycles. The van der Waals surface area contributed by atoms with Gasteiger partial charge in [0.1, 0.15) is 0 Å². The Kier molecular flexibility index (Phi) is 5.35. The Balaban J connectivity index is 1.17. The number of fused-ring (bicyclic) bond motifs is 2. The quantitative estimate of drug-likeness (QED) is 0.695. The average molecular weight is 424 g/mol. The van der Waals surface area contributed by atoms with Crippen molar-refractivity contribution in [1.29, 1.82) is 0 Å². The molecule has 1 amide bonds. The van der Waals surface area contributed by atoms with E-state index in [1.165, 1.54) is 0 Å². The number of benzene rings is 1. The van der Waals surface area contributed by atoms with Crippen molar-refractivity contribution in [2.75, 3.05) is 38.5 Å². The number of aryl methyl sites for hydroxylation is 1. The van der Waals surface area contributed by atoms with Gasteiger partial charge in [-0.3, -0.25) is 14.5 Å². The lowest BCUT2D eigenvalue weighted by atomic mass is 10.1. The number of thioether (sulfide) groups is 1. The maximum atomic E-state index is 12.9. The van der Waals surface area contributed by atoms with Crippen molar-refractivity contribution >= 4 is 28.6 Å². The zero-order valence-corrected chi connectivity index (χ0v) is 17.7. The zero-order chi connectivity index (χ0) is 20.5.